The summed E-state index contributed by atoms with van der Waals surface area (Å²) in [5.74, 6) is 0.136. The van der Waals surface area contributed by atoms with E-state index in [2.05, 4.69) is 6.07 Å². The van der Waals surface area contributed by atoms with Gasteiger partial charge < -0.3 is 0 Å². The largest absolute Gasteiger partial charge is 0.289 e. The zero-order chi connectivity index (χ0) is 11.8. The summed E-state index contributed by atoms with van der Waals surface area (Å²) in [5, 5.41) is 7.13. The van der Waals surface area contributed by atoms with Gasteiger partial charge in [0.25, 0.3) is 0 Å². The van der Waals surface area contributed by atoms with Crippen molar-refractivity contribution < 1.29 is 4.79 Å². The van der Waals surface area contributed by atoms with E-state index in [0.717, 1.165) is 26.8 Å². The molecule has 0 fully saturated rings. The van der Waals surface area contributed by atoms with Crippen LogP contribution in [0.15, 0.2) is 40.4 Å². The number of benzene rings is 1. The van der Waals surface area contributed by atoms with E-state index < -0.39 is 0 Å². The molecular weight excluding hydrogens is 248 g/mol. The van der Waals surface area contributed by atoms with E-state index in [-0.39, 0.29) is 5.78 Å². The fourth-order valence-electron chi connectivity index (χ4n) is 1.91. The van der Waals surface area contributed by atoms with Crippen LogP contribution < -0.4 is 0 Å². The molecule has 0 aliphatic carbocycles. The Labute approximate surface area is 107 Å². The molecule has 3 aromatic rings. The van der Waals surface area contributed by atoms with E-state index in [4.69, 9.17) is 0 Å². The lowest BCUT2D eigenvalue weighted by molar-refractivity contribution is 0.104. The van der Waals surface area contributed by atoms with Crippen LogP contribution >= 0.6 is 22.7 Å². The molecule has 0 bridgehead atoms. The molecule has 0 saturated heterocycles. The molecule has 0 aliphatic rings. The van der Waals surface area contributed by atoms with Gasteiger partial charge in [-0.05, 0) is 40.8 Å². The third-order valence-corrected chi connectivity index (χ3v) is 4.65. The van der Waals surface area contributed by atoms with Gasteiger partial charge in [-0.25, -0.2) is 0 Å². The minimum Gasteiger partial charge on any atom is -0.289 e. The number of rotatable bonds is 2. The Kier molecular flexibility index (Phi) is 2.57. The van der Waals surface area contributed by atoms with Crippen LogP contribution in [-0.4, -0.2) is 5.78 Å². The molecule has 1 aromatic carbocycles. The van der Waals surface area contributed by atoms with Crippen molar-refractivity contribution in [2.24, 2.45) is 0 Å². The standard InChI is InChI=1S/C14H10OS2/c1-9-7-16-8-12(9)13(15)11-4-2-3-10-5-6-17-14(10)11/h2-8H,1H3. The molecule has 0 amide bonds. The molecule has 0 atom stereocenters. The van der Waals surface area contributed by atoms with Crippen molar-refractivity contribution in [2.45, 2.75) is 6.92 Å². The van der Waals surface area contributed by atoms with E-state index in [1.54, 1.807) is 22.7 Å². The monoisotopic (exact) mass is 258 g/mol. The molecule has 3 rings (SSSR count). The van der Waals surface area contributed by atoms with Crippen LogP contribution in [0.1, 0.15) is 21.5 Å². The average molecular weight is 258 g/mol. The Morgan fingerprint density at radius 2 is 2.00 bits per heavy atom. The fraction of sp³-hybridized carbons (Fsp3) is 0.0714. The smallest absolute Gasteiger partial charge is 0.195 e. The van der Waals surface area contributed by atoms with Crippen molar-refractivity contribution in [3.63, 3.8) is 0 Å². The first-order valence-corrected chi connectivity index (χ1v) is 7.13. The normalized spacial score (nSPS) is 10.9. The first kappa shape index (κ1) is 10.7. The highest BCUT2D eigenvalue weighted by Crippen LogP contribution is 2.28. The first-order chi connectivity index (χ1) is 8.27. The van der Waals surface area contributed by atoms with Gasteiger partial charge in [0.05, 0.1) is 0 Å². The van der Waals surface area contributed by atoms with Gasteiger partial charge in [-0.15, -0.1) is 11.3 Å². The van der Waals surface area contributed by atoms with E-state index >= 15 is 0 Å². The molecule has 0 spiro atoms. The van der Waals surface area contributed by atoms with Crippen molar-refractivity contribution in [3.8, 4) is 0 Å². The molecule has 0 saturated carbocycles. The molecule has 2 aromatic heterocycles. The van der Waals surface area contributed by atoms with Crippen molar-refractivity contribution in [1.82, 2.24) is 0 Å². The Bertz CT molecular complexity index is 691. The minimum atomic E-state index is 0.136. The maximum Gasteiger partial charge on any atom is 0.195 e. The van der Waals surface area contributed by atoms with Gasteiger partial charge in [0.15, 0.2) is 5.78 Å². The van der Waals surface area contributed by atoms with Gasteiger partial charge in [-0.3, -0.25) is 4.79 Å². The predicted molar refractivity (Wildman–Crippen MR) is 74.3 cm³/mol. The highest BCUT2D eigenvalue weighted by molar-refractivity contribution is 7.17. The van der Waals surface area contributed by atoms with Gasteiger partial charge in [-0.2, -0.15) is 11.3 Å². The number of carbonyl (C=O) groups is 1. The lowest BCUT2D eigenvalue weighted by Crippen LogP contribution is -2.01. The minimum absolute atomic E-state index is 0.136. The molecule has 2 heterocycles. The quantitative estimate of drug-likeness (QED) is 0.618. The SMILES string of the molecule is Cc1cscc1C(=O)c1cccc2ccsc12. The summed E-state index contributed by atoms with van der Waals surface area (Å²) in [4.78, 5) is 12.5. The van der Waals surface area contributed by atoms with Crippen LogP contribution in [0.3, 0.4) is 0 Å². The zero-order valence-electron chi connectivity index (χ0n) is 9.27. The Hall–Kier alpha value is -1.45. The molecular formula is C14H10OS2. The molecule has 0 radical (unpaired) electrons. The molecule has 84 valence electrons. The maximum absolute atomic E-state index is 12.5. The number of thiophene rings is 2. The summed E-state index contributed by atoms with van der Waals surface area (Å²) >= 11 is 3.21. The summed E-state index contributed by atoms with van der Waals surface area (Å²) in [6, 6.07) is 7.96. The number of aryl methyl sites for hydroxylation is 1. The highest BCUT2D eigenvalue weighted by Gasteiger charge is 2.15. The predicted octanol–water partition coefficient (Wildman–Crippen LogP) is 4.50. The van der Waals surface area contributed by atoms with Crippen LogP contribution in [-0.2, 0) is 0 Å². The summed E-state index contributed by atoms with van der Waals surface area (Å²) in [5.41, 5.74) is 2.71. The third-order valence-electron chi connectivity index (χ3n) is 2.82. The van der Waals surface area contributed by atoms with E-state index in [9.17, 15) is 4.79 Å². The van der Waals surface area contributed by atoms with E-state index in [1.165, 1.54) is 0 Å². The lowest BCUT2D eigenvalue weighted by Gasteiger charge is -2.02. The van der Waals surface area contributed by atoms with E-state index in [1.807, 2.05) is 41.3 Å². The molecule has 17 heavy (non-hydrogen) atoms. The Balaban J connectivity index is 2.19. The molecule has 0 unspecified atom stereocenters. The second-order valence-corrected chi connectivity index (χ2v) is 5.60. The van der Waals surface area contributed by atoms with Gasteiger partial charge in [-0.1, -0.05) is 12.1 Å². The highest BCUT2D eigenvalue weighted by atomic mass is 32.1. The van der Waals surface area contributed by atoms with Crippen LogP contribution in [0.4, 0.5) is 0 Å². The summed E-state index contributed by atoms with van der Waals surface area (Å²) in [7, 11) is 0. The second kappa shape index (κ2) is 4.09. The van der Waals surface area contributed by atoms with Gasteiger partial charge in [0, 0.05) is 21.2 Å². The fourth-order valence-corrected chi connectivity index (χ4v) is 3.65. The molecule has 0 N–H and O–H groups in total. The number of ketones is 1. The first-order valence-electron chi connectivity index (χ1n) is 5.31. The number of hydrogen-bond donors (Lipinski definition) is 0. The van der Waals surface area contributed by atoms with Crippen LogP contribution in [0.5, 0.6) is 0 Å². The maximum atomic E-state index is 12.5. The van der Waals surface area contributed by atoms with Gasteiger partial charge >= 0.3 is 0 Å². The van der Waals surface area contributed by atoms with Crippen molar-refractivity contribution in [1.29, 1.82) is 0 Å². The van der Waals surface area contributed by atoms with E-state index in [0.29, 0.717) is 0 Å². The lowest BCUT2D eigenvalue weighted by atomic mass is 10.0. The Morgan fingerprint density at radius 3 is 2.76 bits per heavy atom. The summed E-state index contributed by atoms with van der Waals surface area (Å²) < 4.78 is 1.09. The Morgan fingerprint density at radius 1 is 1.12 bits per heavy atom. The zero-order valence-corrected chi connectivity index (χ0v) is 10.9. The third kappa shape index (κ3) is 1.72. The molecule has 1 nitrogen and oxygen atoms in total. The van der Waals surface area contributed by atoms with Crippen molar-refractivity contribution >= 4 is 38.5 Å². The average Bonchev–Trinajstić information content (AvgIpc) is 2.95. The molecule has 0 aliphatic heterocycles. The van der Waals surface area contributed by atoms with Gasteiger partial charge in [0.1, 0.15) is 0 Å². The van der Waals surface area contributed by atoms with Crippen molar-refractivity contribution in [3.05, 3.63) is 57.1 Å². The summed E-state index contributed by atoms with van der Waals surface area (Å²) in [6.07, 6.45) is 0. The van der Waals surface area contributed by atoms with Gasteiger partial charge in [0.2, 0.25) is 0 Å². The number of hydrogen-bond acceptors (Lipinski definition) is 3. The number of carbonyl (C=O) groups excluding carboxylic acids is 1. The number of fused-ring (bicyclic) bond motifs is 1. The van der Waals surface area contributed by atoms with Crippen LogP contribution in [0.2, 0.25) is 0 Å². The summed E-state index contributed by atoms with van der Waals surface area (Å²) in [6.45, 7) is 1.98. The van der Waals surface area contributed by atoms with Crippen LogP contribution in [0, 0.1) is 6.92 Å². The second-order valence-electron chi connectivity index (χ2n) is 3.94. The van der Waals surface area contributed by atoms with Crippen LogP contribution in [0.25, 0.3) is 10.1 Å². The van der Waals surface area contributed by atoms with Crippen molar-refractivity contribution in [2.75, 3.05) is 0 Å². The topological polar surface area (TPSA) is 17.1 Å². The molecule has 3 heteroatoms.